The second-order valence-electron chi connectivity index (χ2n) is 4.10. The van der Waals surface area contributed by atoms with E-state index in [9.17, 15) is 13.2 Å². The molecule has 2 atom stereocenters. The van der Waals surface area contributed by atoms with Crippen molar-refractivity contribution in [3.8, 4) is 0 Å². The molecule has 2 rings (SSSR count). The summed E-state index contributed by atoms with van der Waals surface area (Å²) in [6.45, 7) is 0. The molecule has 1 saturated carbocycles. The summed E-state index contributed by atoms with van der Waals surface area (Å²) in [5, 5.41) is 8.75. The van der Waals surface area contributed by atoms with Crippen molar-refractivity contribution in [1.29, 1.82) is 0 Å². The first-order valence-corrected chi connectivity index (χ1v) is 6.23. The second kappa shape index (κ2) is 2.70. The summed E-state index contributed by atoms with van der Waals surface area (Å²) in [6, 6.07) is 0. The lowest BCUT2D eigenvalue weighted by Gasteiger charge is -2.03. The van der Waals surface area contributed by atoms with Crippen LogP contribution in [0.5, 0.6) is 0 Å². The number of hydrogen-bond donors (Lipinski definition) is 1. The molecule has 0 aromatic rings. The van der Waals surface area contributed by atoms with E-state index < -0.39 is 15.8 Å². The molecule has 1 saturated heterocycles. The Morgan fingerprint density at radius 1 is 1.15 bits per heavy atom. The maximum absolute atomic E-state index is 11.2. The number of fused-ring (bicyclic) bond motifs is 1. The van der Waals surface area contributed by atoms with Crippen molar-refractivity contribution in [2.75, 3.05) is 11.5 Å². The van der Waals surface area contributed by atoms with Crippen LogP contribution < -0.4 is 0 Å². The molecule has 74 valence electrons. The van der Waals surface area contributed by atoms with E-state index in [4.69, 9.17) is 5.11 Å². The number of sulfone groups is 1. The Balaban J connectivity index is 2.09. The first-order valence-electron chi connectivity index (χ1n) is 4.41. The lowest BCUT2D eigenvalue weighted by Crippen LogP contribution is -2.14. The third-order valence-corrected chi connectivity index (χ3v) is 5.00. The molecule has 13 heavy (non-hydrogen) atoms. The van der Waals surface area contributed by atoms with Gasteiger partial charge in [-0.2, -0.15) is 0 Å². The van der Waals surface area contributed by atoms with Gasteiger partial charge in [-0.3, -0.25) is 4.79 Å². The molecule has 2 unspecified atom stereocenters. The number of hydrogen-bond acceptors (Lipinski definition) is 3. The maximum atomic E-state index is 11.2. The lowest BCUT2D eigenvalue weighted by molar-refractivity contribution is -0.141. The minimum absolute atomic E-state index is 0.117. The fourth-order valence-corrected chi connectivity index (χ4v) is 4.80. The number of carboxylic acids is 1. The summed E-state index contributed by atoms with van der Waals surface area (Å²) in [5.74, 6) is -0.419. The van der Waals surface area contributed by atoms with Crippen LogP contribution in [0.25, 0.3) is 0 Å². The minimum atomic E-state index is -2.85. The van der Waals surface area contributed by atoms with Crippen molar-refractivity contribution in [1.82, 2.24) is 0 Å². The Labute approximate surface area is 76.9 Å². The van der Waals surface area contributed by atoms with Gasteiger partial charge in [0.05, 0.1) is 17.4 Å². The number of rotatable bonds is 1. The van der Waals surface area contributed by atoms with Gasteiger partial charge >= 0.3 is 5.97 Å². The second-order valence-corrected chi connectivity index (χ2v) is 6.26. The molecular formula is C8H12O4S. The van der Waals surface area contributed by atoms with E-state index in [0.717, 1.165) is 0 Å². The Hall–Kier alpha value is -0.580. The molecule has 0 bridgehead atoms. The summed E-state index contributed by atoms with van der Waals surface area (Å²) in [5.41, 5.74) is 0. The first kappa shape index (κ1) is 8.99. The van der Waals surface area contributed by atoms with Crippen molar-refractivity contribution in [3.05, 3.63) is 0 Å². The van der Waals surface area contributed by atoms with E-state index in [0.29, 0.717) is 12.8 Å². The summed E-state index contributed by atoms with van der Waals surface area (Å²) < 4.78 is 22.3. The number of carboxylic acid groups (broad SMARTS) is 1. The van der Waals surface area contributed by atoms with Gasteiger partial charge in [-0.15, -0.1) is 0 Å². The molecule has 2 fully saturated rings. The van der Waals surface area contributed by atoms with Crippen LogP contribution in [0.3, 0.4) is 0 Å². The van der Waals surface area contributed by atoms with Crippen LogP contribution in [0.1, 0.15) is 12.8 Å². The fraction of sp³-hybridized carbons (Fsp3) is 0.875. The highest BCUT2D eigenvalue weighted by Gasteiger charge is 2.46. The maximum Gasteiger partial charge on any atom is 0.306 e. The van der Waals surface area contributed by atoms with Crippen LogP contribution in [-0.4, -0.2) is 31.0 Å². The Bertz CT molecular complexity index is 312. The highest BCUT2D eigenvalue weighted by molar-refractivity contribution is 7.91. The molecule has 0 aromatic carbocycles. The molecule has 5 heteroatoms. The third kappa shape index (κ3) is 1.57. The first-order chi connectivity index (χ1) is 5.98. The largest absolute Gasteiger partial charge is 0.481 e. The average molecular weight is 204 g/mol. The van der Waals surface area contributed by atoms with Gasteiger partial charge in [-0.1, -0.05) is 0 Å². The normalized spacial score (nSPS) is 41.7. The van der Waals surface area contributed by atoms with Gasteiger partial charge in [0, 0.05) is 0 Å². The van der Waals surface area contributed by atoms with Gasteiger partial charge in [0.25, 0.3) is 0 Å². The monoisotopic (exact) mass is 204 g/mol. The fourth-order valence-electron chi connectivity index (χ4n) is 2.54. The van der Waals surface area contributed by atoms with Gasteiger partial charge in [0.15, 0.2) is 9.84 Å². The Kier molecular flexibility index (Phi) is 1.87. The van der Waals surface area contributed by atoms with E-state index >= 15 is 0 Å². The highest BCUT2D eigenvalue weighted by atomic mass is 32.2. The van der Waals surface area contributed by atoms with Crippen LogP contribution in [0, 0.1) is 17.8 Å². The molecule has 4 nitrogen and oxygen atoms in total. The summed E-state index contributed by atoms with van der Waals surface area (Å²) in [6.07, 6.45) is 1.11. The van der Waals surface area contributed by atoms with E-state index in [1.165, 1.54) is 0 Å². The molecular weight excluding hydrogens is 192 g/mol. The van der Waals surface area contributed by atoms with Crippen molar-refractivity contribution >= 4 is 15.8 Å². The van der Waals surface area contributed by atoms with Crippen LogP contribution in [0.15, 0.2) is 0 Å². The van der Waals surface area contributed by atoms with E-state index in [1.54, 1.807) is 0 Å². The predicted octanol–water partition coefficient (Wildman–Crippen LogP) is 0.142. The molecule has 2 aliphatic rings. The SMILES string of the molecule is O=C(O)C1CC2CS(=O)(=O)CC2C1. The smallest absolute Gasteiger partial charge is 0.306 e. The molecule has 1 heterocycles. The van der Waals surface area contributed by atoms with Gasteiger partial charge in [0.2, 0.25) is 0 Å². The standard InChI is InChI=1S/C8H12O4S/c9-8(10)5-1-6-3-13(11,12)4-7(6)2-5/h5-7H,1-4H2,(H,9,10). The molecule has 0 radical (unpaired) electrons. The number of aliphatic carboxylic acids is 1. The van der Waals surface area contributed by atoms with Gasteiger partial charge in [-0.05, 0) is 24.7 Å². The van der Waals surface area contributed by atoms with Crippen molar-refractivity contribution in [3.63, 3.8) is 0 Å². The van der Waals surface area contributed by atoms with Crippen molar-refractivity contribution < 1.29 is 18.3 Å². The summed E-state index contributed by atoms with van der Waals surface area (Å²) in [7, 11) is -2.85. The van der Waals surface area contributed by atoms with Crippen LogP contribution in [-0.2, 0) is 14.6 Å². The number of carbonyl (C=O) groups is 1. The van der Waals surface area contributed by atoms with E-state index in [-0.39, 0.29) is 29.3 Å². The van der Waals surface area contributed by atoms with E-state index in [1.807, 2.05) is 0 Å². The van der Waals surface area contributed by atoms with Crippen LogP contribution in [0.4, 0.5) is 0 Å². The highest BCUT2D eigenvalue weighted by Crippen LogP contribution is 2.42. The Morgan fingerprint density at radius 3 is 2.00 bits per heavy atom. The molecule has 1 aliphatic heterocycles. The lowest BCUT2D eigenvalue weighted by atomic mass is 10.0. The average Bonchev–Trinajstić information content (AvgIpc) is 2.39. The minimum Gasteiger partial charge on any atom is -0.481 e. The van der Waals surface area contributed by atoms with Crippen molar-refractivity contribution in [2.24, 2.45) is 17.8 Å². The summed E-state index contributed by atoms with van der Waals surface area (Å²) in [4.78, 5) is 10.6. The zero-order chi connectivity index (χ0) is 9.64. The van der Waals surface area contributed by atoms with Gasteiger partial charge in [0.1, 0.15) is 0 Å². The van der Waals surface area contributed by atoms with Gasteiger partial charge in [-0.25, -0.2) is 8.42 Å². The van der Waals surface area contributed by atoms with Crippen molar-refractivity contribution in [2.45, 2.75) is 12.8 Å². The third-order valence-electron chi connectivity index (χ3n) is 3.13. The molecule has 1 N–H and O–H groups in total. The summed E-state index contributed by atoms with van der Waals surface area (Å²) >= 11 is 0. The van der Waals surface area contributed by atoms with Gasteiger partial charge < -0.3 is 5.11 Å². The molecule has 0 spiro atoms. The zero-order valence-corrected chi connectivity index (χ0v) is 7.96. The molecule has 0 amide bonds. The van der Waals surface area contributed by atoms with Crippen LogP contribution in [0.2, 0.25) is 0 Å². The molecule has 1 aliphatic carbocycles. The zero-order valence-electron chi connectivity index (χ0n) is 7.14. The quantitative estimate of drug-likeness (QED) is 0.659. The van der Waals surface area contributed by atoms with E-state index in [2.05, 4.69) is 0 Å². The topological polar surface area (TPSA) is 71.4 Å². The predicted molar refractivity (Wildman–Crippen MR) is 46.0 cm³/mol. The Morgan fingerprint density at radius 2 is 1.62 bits per heavy atom. The van der Waals surface area contributed by atoms with Crippen LogP contribution >= 0.6 is 0 Å². The molecule has 0 aromatic heterocycles.